The number of sulfonamides is 1. The monoisotopic (exact) mass is 384 g/mol. The van der Waals surface area contributed by atoms with E-state index in [9.17, 15) is 13.2 Å². The van der Waals surface area contributed by atoms with Crippen molar-refractivity contribution in [2.45, 2.75) is 24.8 Å². The van der Waals surface area contributed by atoms with Crippen LogP contribution in [0.1, 0.15) is 35.9 Å². The predicted octanol–water partition coefficient (Wildman–Crippen LogP) is 1.55. The Hall–Kier alpha value is -1.68. The highest BCUT2D eigenvalue weighted by Crippen LogP contribution is 2.23. The van der Waals surface area contributed by atoms with Crippen LogP contribution in [-0.4, -0.2) is 43.4 Å². The van der Waals surface area contributed by atoms with Gasteiger partial charge in [0.15, 0.2) is 0 Å². The molecule has 3 N–H and O–H groups in total. The summed E-state index contributed by atoms with van der Waals surface area (Å²) in [5.41, 5.74) is 6.49. The molecule has 0 saturated carbocycles. The lowest BCUT2D eigenvalue weighted by Crippen LogP contribution is -2.37. The number of nitrogens with two attached hydrogens (primary N) is 1. The highest BCUT2D eigenvalue weighted by atomic mass is 32.2. The third-order valence-corrected chi connectivity index (χ3v) is 6.28. The van der Waals surface area contributed by atoms with Crippen molar-refractivity contribution in [1.82, 2.24) is 14.2 Å². The number of aryl methyl sites for hydroxylation is 1. The van der Waals surface area contributed by atoms with Crippen LogP contribution < -0.4 is 10.5 Å². The van der Waals surface area contributed by atoms with Gasteiger partial charge in [-0.15, -0.1) is 0 Å². The number of likely N-dealkylation sites (N-methyl/N-ethyl adjacent to an activating group) is 1. The predicted molar refractivity (Wildman–Crippen MR) is 99.1 cm³/mol. The number of aromatic nitrogens is 1. The third kappa shape index (κ3) is 4.49. The Morgan fingerprint density at radius 1 is 1.40 bits per heavy atom. The molecule has 2 aromatic rings. The topological polar surface area (TPSA) is 97.4 Å². The molecular weight excluding hydrogens is 360 g/mol. The van der Waals surface area contributed by atoms with Crippen LogP contribution in [0.15, 0.2) is 34.0 Å². The molecule has 2 heterocycles. The van der Waals surface area contributed by atoms with Crippen LogP contribution in [0.5, 0.6) is 0 Å². The number of nitrogens with zero attached hydrogens (tertiary/aromatic N) is 2. The van der Waals surface area contributed by atoms with E-state index in [-0.39, 0.29) is 23.2 Å². The minimum absolute atomic E-state index is 0.0346. The number of thiophene rings is 1. The maximum Gasteiger partial charge on any atom is 0.265 e. The van der Waals surface area contributed by atoms with Gasteiger partial charge in [-0.1, -0.05) is 13.8 Å². The molecular formula is C16H24N4O3S2. The number of amides is 1. The minimum Gasteiger partial charge on any atom is -0.364 e. The molecule has 1 unspecified atom stereocenters. The van der Waals surface area contributed by atoms with Crippen molar-refractivity contribution in [3.63, 3.8) is 0 Å². The van der Waals surface area contributed by atoms with E-state index in [1.165, 1.54) is 16.8 Å². The van der Waals surface area contributed by atoms with Crippen LogP contribution in [-0.2, 0) is 17.1 Å². The molecule has 0 bridgehead atoms. The number of primary amides is 1. The fourth-order valence-electron chi connectivity index (χ4n) is 2.78. The zero-order chi connectivity index (χ0) is 18.6. The van der Waals surface area contributed by atoms with Crippen LogP contribution >= 0.6 is 11.3 Å². The zero-order valence-corrected chi connectivity index (χ0v) is 16.2. The summed E-state index contributed by atoms with van der Waals surface area (Å²) in [4.78, 5) is 13.6. The summed E-state index contributed by atoms with van der Waals surface area (Å²) in [5, 5.41) is 4.02. The molecule has 7 nitrogen and oxygen atoms in total. The summed E-state index contributed by atoms with van der Waals surface area (Å²) < 4.78 is 29.3. The molecule has 0 aliphatic rings. The molecule has 0 aliphatic heterocycles. The standard InChI is InChI=1S/C16H24N4O3S2/c1-4-20(5-2)15(12-6-7-24-11-12)9-18-25(22,23)13-8-14(16(17)21)19(3)10-13/h6-8,10-11,15,18H,4-5,9H2,1-3H3,(H2,17,21). The summed E-state index contributed by atoms with van der Waals surface area (Å²) in [6.07, 6.45) is 1.39. The number of hydrogen-bond acceptors (Lipinski definition) is 5. The van der Waals surface area contributed by atoms with Crippen LogP contribution in [0.4, 0.5) is 0 Å². The van der Waals surface area contributed by atoms with Crippen LogP contribution in [0.2, 0.25) is 0 Å². The van der Waals surface area contributed by atoms with Crippen LogP contribution in [0.25, 0.3) is 0 Å². The molecule has 2 aromatic heterocycles. The minimum atomic E-state index is -3.73. The Labute approximate surface area is 152 Å². The lowest BCUT2D eigenvalue weighted by molar-refractivity contribution is 0.0992. The van der Waals surface area contributed by atoms with E-state index in [1.54, 1.807) is 18.4 Å². The summed E-state index contributed by atoms with van der Waals surface area (Å²) >= 11 is 1.59. The first-order valence-electron chi connectivity index (χ1n) is 8.02. The second kappa shape index (κ2) is 8.13. The smallest absolute Gasteiger partial charge is 0.265 e. The lowest BCUT2D eigenvalue weighted by Gasteiger charge is -2.29. The fourth-order valence-corrected chi connectivity index (χ4v) is 4.60. The molecule has 1 atom stereocenters. The third-order valence-electron chi connectivity index (χ3n) is 4.19. The largest absolute Gasteiger partial charge is 0.364 e. The van der Waals surface area contributed by atoms with E-state index >= 15 is 0 Å². The van der Waals surface area contributed by atoms with Gasteiger partial charge in [-0.25, -0.2) is 13.1 Å². The first kappa shape index (κ1) is 19.6. The summed E-state index contributed by atoms with van der Waals surface area (Å²) in [6.45, 7) is 5.98. The van der Waals surface area contributed by atoms with Crippen LogP contribution in [0, 0.1) is 0 Å². The SMILES string of the molecule is CCN(CC)C(CNS(=O)(=O)c1cc(C(N)=O)n(C)c1)c1ccsc1. The van der Waals surface area contributed by atoms with Gasteiger partial charge >= 0.3 is 0 Å². The van der Waals surface area contributed by atoms with Crippen molar-refractivity contribution < 1.29 is 13.2 Å². The van der Waals surface area contributed by atoms with Crippen molar-refractivity contribution in [2.24, 2.45) is 12.8 Å². The number of hydrogen-bond donors (Lipinski definition) is 2. The Morgan fingerprint density at radius 2 is 2.08 bits per heavy atom. The highest BCUT2D eigenvalue weighted by Gasteiger charge is 2.24. The Balaban J connectivity index is 2.21. The van der Waals surface area contributed by atoms with E-state index in [0.717, 1.165) is 18.7 Å². The lowest BCUT2D eigenvalue weighted by atomic mass is 10.1. The van der Waals surface area contributed by atoms with E-state index in [4.69, 9.17) is 5.73 Å². The van der Waals surface area contributed by atoms with Crippen molar-refractivity contribution >= 4 is 27.3 Å². The molecule has 0 aromatic carbocycles. The van der Waals surface area contributed by atoms with Crippen molar-refractivity contribution in [3.05, 3.63) is 40.3 Å². The van der Waals surface area contributed by atoms with Gasteiger partial charge in [-0.3, -0.25) is 9.69 Å². The summed E-state index contributed by atoms with van der Waals surface area (Å²) in [5.74, 6) is -0.664. The van der Waals surface area contributed by atoms with E-state index in [1.807, 2.05) is 30.7 Å². The number of carbonyl (C=O) groups excluding carboxylic acids is 1. The Morgan fingerprint density at radius 3 is 2.56 bits per heavy atom. The van der Waals surface area contributed by atoms with Gasteiger partial charge in [0, 0.05) is 25.8 Å². The van der Waals surface area contributed by atoms with Gasteiger partial charge in [0.1, 0.15) is 10.6 Å². The van der Waals surface area contributed by atoms with Crippen molar-refractivity contribution in [3.8, 4) is 0 Å². The molecule has 0 saturated heterocycles. The summed E-state index contributed by atoms with van der Waals surface area (Å²) in [6, 6.07) is 3.26. The second-order valence-electron chi connectivity index (χ2n) is 5.68. The fraction of sp³-hybridized carbons (Fsp3) is 0.438. The maximum absolute atomic E-state index is 12.6. The average molecular weight is 385 g/mol. The molecule has 9 heteroatoms. The maximum atomic E-state index is 12.6. The zero-order valence-electron chi connectivity index (χ0n) is 14.6. The molecule has 2 rings (SSSR count). The summed E-state index contributed by atoms with van der Waals surface area (Å²) in [7, 11) is -2.15. The molecule has 0 aliphatic carbocycles. The number of rotatable bonds is 9. The second-order valence-corrected chi connectivity index (χ2v) is 8.23. The van der Waals surface area contributed by atoms with Gasteiger partial charge < -0.3 is 10.3 Å². The molecule has 0 radical (unpaired) electrons. The van der Waals surface area contributed by atoms with Crippen LogP contribution in [0.3, 0.4) is 0 Å². The first-order chi connectivity index (χ1) is 11.8. The van der Waals surface area contributed by atoms with Gasteiger partial charge in [-0.05, 0) is 41.5 Å². The normalized spacial score (nSPS) is 13.3. The van der Waals surface area contributed by atoms with Gasteiger partial charge in [0.2, 0.25) is 10.0 Å². The van der Waals surface area contributed by atoms with E-state index in [2.05, 4.69) is 9.62 Å². The molecule has 0 spiro atoms. The van der Waals surface area contributed by atoms with E-state index < -0.39 is 15.9 Å². The van der Waals surface area contributed by atoms with Gasteiger partial charge in [0.25, 0.3) is 5.91 Å². The Kier molecular flexibility index (Phi) is 6.39. The number of nitrogens with one attached hydrogen (secondary N) is 1. The quantitative estimate of drug-likeness (QED) is 0.685. The van der Waals surface area contributed by atoms with E-state index in [0.29, 0.717) is 0 Å². The Bertz CT molecular complexity index is 809. The van der Waals surface area contributed by atoms with Crippen molar-refractivity contribution in [1.29, 1.82) is 0 Å². The number of carbonyl (C=O) groups is 1. The first-order valence-corrected chi connectivity index (χ1v) is 10.4. The molecule has 1 amide bonds. The van der Waals surface area contributed by atoms with Gasteiger partial charge in [-0.2, -0.15) is 11.3 Å². The van der Waals surface area contributed by atoms with Crippen molar-refractivity contribution in [2.75, 3.05) is 19.6 Å². The molecule has 0 fully saturated rings. The molecule has 138 valence electrons. The molecule has 25 heavy (non-hydrogen) atoms. The highest BCUT2D eigenvalue weighted by molar-refractivity contribution is 7.89. The average Bonchev–Trinajstić information content (AvgIpc) is 3.21. The van der Waals surface area contributed by atoms with Gasteiger partial charge in [0.05, 0.1) is 0 Å².